The highest BCUT2D eigenvalue weighted by atomic mass is 32.2. The van der Waals surface area contributed by atoms with Crippen molar-refractivity contribution in [1.29, 1.82) is 0 Å². The lowest BCUT2D eigenvalue weighted by Crippen LogP contribution is -2.48. The molecule has 88 valence electrons. The quantitative estimate of drug-likeness (QED) is 0.763. The normalized spacial score (nSPS) is 22.1. The van der Waals surface area contributed by atoms with Gasteiger partial charge in [-0.3, -0.25) is 4.79 Å². The van der Waals surface area contributed by atoms with Gasteiger partial charge >= 0.3 is 0 Å². The van der Waals surface area contributed by atoms with Crippen LogP contribution in [0.2, 0.25) is 0 Å². The van der Waals surface area contributed by atoms with E-state index in [1.807, 2.05) is 0 Å². The average Bonchev–Trinajstić information content (AvgIpc) is 2.19. The number of thioether (sulfide) groups is 1. The summed E-state index contributed by atoms with van der Waals surface area (Å²) < 4.78 is 0. The molecule has 1 amide bonds. The van der Waals surface area contributed by atoms with Crippen LogP contribution < -0.4 is 10.6 Å². The van der Waals surface area contributed by atoms with E-state index in [2.05, 4.69) is 30.7 Å². The number of carbonyl (C=O) groups is 1. The first-order valence-corrected chi connectivity index (χ1v) is 6.98. The maximum atomic E-state index is 12.1. The summed E-state index contributed by atoms with van der Waals surface area (Å²) in [5.74, 6) is 1.21. The Balaban J connectivity index is 2.44. The number of rotatable bonds is 4. The van der Waals surface area contributed by atoms with Crippen LogP contribution in [0, 0.1) is 5.41 Å². The molecule has 0 radical (unpaired) electrons. The Morgan fingerprint density at radius 1 is 1.53 bits per heavy atom. The molecule has 1 fully saturated rings. The van der Waals surface area contributed by atoms with Gasteiger partial charge in [0.1, 0.15) is 0 Å². The Morgan fingerprint density at radius 3 is 2.67 bits per heavy atom. The summed E-state index contributed by atoms with van der Waals surface area (Å²) in [6, 6.07) is 0.277. The molecule has 0 aromatic carbocycles. The van der Waals surface area contributed by atoms with Gasteiger partial charge in [0.2, 0.25) is 5.91 Å². The number of hydrogen-bond acceptors (Lipinski definition) is 3. The molecule has 0 bridgehead atoms. The minimum Gasteiger partial charge on any atom is -0.352 e. The van der Waals surface area contributed by atoms with Crippen LogP contribution in [0.3, 0.4) is 0 Å². The van der Waals surface area contributed by atoms with E-state index >= 15 is 0 Å². The molecule has 1 aliphatic heterocycles. The number of nitrogens with one attached hydrogen (secondary N) is 2. The Kier molecular flexibility index (Phi) is 4.93. The Bertz CT molecular complexity index is 215. The molecule has 1 atom stereocenters. The van der Waals surface area contributed by atoms with E-state index < -0.39 is 0 Å². The van der Waals surface area contributed by atoms with Gasteiger partial charge in [-0.25, -0.2) is 0 Å². The van der Waals surface area contributed by atoms with Gasteiger partial charge in [0.25, 0.3) is 0 Å². The maximum Gasteiger partial charge on any atom is 0.226 e. The summed E-state index contributed by atoms with van der Waals surface area (Å²) in [4.78, 5) is 12.1. The second kappa shape index (κ2) is 5.75. The van der Waals surface area contributed by atoms with Crippen molar-refractivity contribution in [3.05, 3.63) is 0 Å². The monoisotopic (exact) mass is 230 g/mol. The first kappa shape index (κ1) is 12.8. The van der Waals surface area contributed by atoms with E-state index in [0.29, 0.717) is 0 Å². The molecule has 3 nitrogen and oxygen atoms in total. The van der Waals surface area contributed by atoms with Gasteiger partial charge in [-0.15, -0.1) is 0 Å². The highest BCUT2D eigenvalue weighted by Crippen LogP contribution is 2.28. The van der Waals surface area contributed by atoms with Gasteiger partial charge in [0, 0.05) is 17.2 Å². The van der Waals surface area contributed by atoms with Crippen LogP contribution in [0.25, 0.3) is 0 Å². The van der Waals surface area contributed by atoms with Crippen LogP contribution in [-0.4, -0.2) is 37.0 Å². The van der Waals surface area contributed by atoms with Crippen molar-refractivity contribution in [3.63, 3.8) is 0 Å². The van der Waals surface area contributed by atoms with Crippen molar-refractivity contribution >= 4 is 17.7 Å². The van der Waals surface area contributed by atoms with Crippen molar-refractivity contribution in [3.8, 4) is 0 Å². The zero-order chi connectivity index (χ0) is 11.3. The van der Waals surface area contributed by atoms with Gasteiger partial charge in [-0.05, 0) is 39.1 Å². The largest absolute Gasteiger partial charge is 0.352 e. The van der Waals surface area contributed by atoms with E-state index in [4.69, 9.17) is 0 Å². The Hall–Kier alpha value is -0.220. The molecular weight excluding hydrogens is 208 g/mol. The molecule has 1 saturated heterocycles. The third kappa shape index (κ3) is 3.68. The summed E-state index contributed by atoms with van der Waals surface area (Å²) in [6.45, 7) is 6.06. The zero-order valence-electron chi connectivity index (χ0n) is 9.93. The predicted octanol–water partition coefficient (Wildman–Crippen LogP) is 1.24. The number of carbonyl (C=O) groups excluding carboxylic acids is 1. The molecule has 0 aliphatic carbocycles. The van der Waals surface area contributed by atoms with E-state index in [0.717, 1.165) is 31.7 Å². The van der Waals surface area contributed by atoms with Gasteiger partial charge in [0.15, 0.2) is 0 Å². The number of amides is 1. The van der Waals surface area contributed by atoms with Crippen molar-refractivity contribution in [2.45, 2.75) is 32.7 Å². The molecule has 15 heavy (non-hydrogen) atoms. The van der Waals surface area contributed by atoms with Gasteiger partial charge in [0.05, 0.1) is 0 Å². The molecule has 1 unspecified atom stereocenters. The van der Waals surface area contributed by atoms with E-state index in [1.54, 1.807) is 11.8 Å². The molecule has 0 aromatic heterocycles. The van der Waals surface area contributed by atoms with Crippen LogP contribution in [0.15, 0.2) is 0 Å². The van der Waals surface area contributed by atoms with Crippen LogP contribution >= 0.6 is 11.8 Å². The van der Waals surface area contributed by atoms with E-state index in [-0.39, 0.29) is 17.4 Å². The SMILES string of the molecule is CSCC(C)NC(=O)C1(C)CCNCC1. The molecule has 0 saturated carbocycles. The van der Waals surface area contributed by atoms with Gasteiger partial charge in [-0.2, -0.15) is 11.8 Å². The lowest BCUT2D eigenvalue weighted by molar-refractivity contribution is -0.132. The molecule has 1 heterocycles. The lowest BCUT2D eigenvalue weighted by Gasteiger charge is -2.33. The number of piperidine rings is 1. The van der Waals surface area contributed by atoms with Crippen molar-refractivity contribution < 1.29 is 4.79 Å². The van der Waals surface area contributed by atoms with Crippen LogP contribution in [0.1, 0.15) is 26.7 Å². The summed E-state index contributed by atoms with van der Waals surface area (Å²) in [7, 11) is 0. The second-order valence-electron chi connectivity index (χ2n) is 4.64. The topological polar surface area (TPSA) is 41.1 Å². The third-order valence-electron chi connectivity index (χ3n) is 3.05. The maximum absolute atomic E-state index is 12.1. The minimum atomic E-state index is -0.155. The van der Waals surface area contributed by atoms with Crippen molar-refractivity contribution in [1.82, 2.24) is 10.6 Å². The molecule has 0 spiro atoms. The molecule has 4 heteroatoms. The predicted molar refractivity (Wildman–Crippen MR) is 66.2 cm³/mol. The standard InChI is InChI=1S/C11H22N2OS/c1-9(8-15-3)13-10(14)11(2)4-6-12-7-5-11/h9,12H,4-8H2,1-3H3,(H,13,14). The molecule has 0 aromatic rings. The lowest BCUT2D eigenvalue weighted by atomic mass is 9.80. The summed E-state index contributed by atoms with van der Waals surface area (Å²) in [6.07, 6.45) is 3.96. The fraction of sp³-hybridized carbons (Fsp3) is 0.909. The Labute approximate surface area is 96.8 Å². The number of hydrogen-bond donors (Lipinski definition) is 2. The Morgan fingerprint density at radius 2 is 2.13 bits per heavy atom. The van der Waals surface area contributed by atoms with Crippen LogP contribution in [0.4, 0.5) is 0 Å². The highest BCUT2D eigenvalue weighted by molar-refractivity contribution is 7.98. The summed E-state index contributed by atoms with van der Waals surface area (Å²) >= 11 is 1.77. The fourth-order valence-electron chi connectivity index (χ4n) is 1.90. The minimum absolute atomic E-state index is 0.155. The first-order chi connectivity index (χ1) is 7.08. The molecule has 1 rings (SSSR count). The van der Waals surface area contributed by atoms with Gasteiger partial charge < -0.3 is 10.6 Å². The van der Waals surface area contributed by atoms with Crippen LogP contribution in [0.5, 0.6) is 0 Å². The molecule has 2 N–H and O–H groups in total. The average molecular weight is 230 g/mol. The zero-order valence-corrected chi connectivity index (χ0v) is 10.7. The smallest absolute Gasteiger partial charge is 0.226 e. The summed E-state index contributed by atoms with van der Waals surface area (Å²) in [5, 5.41) is 6.39. The fourth-order valence-corrected chi connectivity index (χ4v) is 2.48. The third-order valence-corrected chi connectivity index (χ3v) is 3.88. The second-order valence-corrected chi connectivity index (χ2v) is 5.55. The highest BCUT2D eigenvalue weighted by Gasteiger charge is 2.34. The van der Waals surface area contributed by atoms with Crippen molar-refractivity contribution in [2.75, 3.05) is 25.1 Å². The van der Waals surface area contributed by atoms with Crippen molar-refractivity contribution in [2.24, 2.45) is 5.41 Å². The first-order valence-electron chi connectivity index (χ1n) is 5.59. The molecular formula is C11H22N2OS. The van der Waals surface area contributed by atoms with E-state index in [9.17, 15) is 4.79 Å². The van der Waals surface area contributed by atoms with Crippen LogP contribution in [-0.2, 0) is 4.79 Å². The molecule has 1 aliphatic rings. The van der Waals surface area contributed by atoms with Gasteiger partial charge in [-0.1, -0.05) is 6.92 Å². The van der Waals surface area contributed by atoms with E-state index in [1.165, 1.54) is 0 Å². The summed E-state index contributed by atoms with van der Waals surface area (Å²) in [5.41, 5.74) is -0.155.